The molecule has 2 nitrogen and oxygen atoms in total. The van der Waals surface area contributed by atoms with Crippen molar-refractivity contribution in [3.8, 4) is 0 Å². The van der Waals surface area contributed by atoms with Crippen molar-refractivity contribution < 1.29 is 4.79 Å². The summed E-state index contributed by atoms with van der Waals surface area (Å²) in [5.74, 6) is 0.498. The number of carbonyl (C=O) groups is 1. The molecule has 0 N–H and O–H groups in total. The lowest BCUT2D eigenvalue weighted by Crippen LogP contribution is -2.18. The molecule has 0 aromatic rings. The molecule has 0 spiro atoms. The quantitative estimate of drug-likeness (QED) is 0.530. The highest BCUT2D eigenvalue weighted by atomic mass is 16.2. The third-order valence-corrected chi connectivity index (χ3v) is 1.06. The summed E-state index contributed by atoms with van der Waals surface area (Å²) < 4.78 is 0. The molecule has 0 unspecified atom stereocenters. The van der Waals surface area contributed by atoms with Gasteiger partial charge in [-0.05, 0) is 12.0 Å². The van der Waals surface area contributed by atoms with Gasteiger partial charge in [0.2, 0.25) is 5.91 Å². The van der Waals surface area contributed by atoms with Crippen molar-refractivity contribution in [1.82, 2.24) is 4.90 Å². The second kappa shape index (κ2) is 4.09. The molecular weight excluding hydrogens is 126 g/mol. The molecule has 1 amide bonds. The van der Waals surface area contributed by atoms with Crippen molar-refractivity contribution in [2.75, 3.05) is 14.1 Å². The Kier molecular flexibility index (Phi) is 3.77. The molecule has 0 saturated carbocycles. The lowest BCUT2D eigenvalue weighted by molar-refractivity contribution is -0.123. The Hall–Kier alpha value is -0.790. The van der Waals surface area contributed by atoms with Crippen molar-refractivity contribution >= 4 is 5.91 Å². The Balaban J connectivity index is 3.79. The van der Waals surface area contributed by atoms with Gasteiger partial charge in [-0.2, -0.15) is 0 Å². The molecule has 0 fully saturated rings. The monoisotopic (exact) mass is 141 g/mol. The lowest BCUT2D eigenvalue weighted by atomic mass is 10.2. The molecule has 2 heteroatoms. The predicted octanol–water partition coefficient (Wildman–Crippen LogP) is 1.29. The number of carbonyl (C=O) groups excluding carboxylic acids is 1. The number of rotatable bonds is 2. The normalized spacial score (nSPS) is 10.9. The summed E-state index contributed by atoms with van der Waals surface area (Å²) in [4.78, 5) is 12.4. The average Bonchev–Trinajstić information content (AvgIpc) is 1.82. The Morgan fingerprint density at radius 1 is 1.40 bits per heavy atom. The smallest absolute Gasteiger partial charge is 0.245 e. The highest BCUT2D eigenvalue weighted by Gasteiger charge is 1.95. The van der Waals surface area contributed by atoms with E-state index in [-0.39, 0.29) is 5.91 Å². The van der Waals surface area contributed by atoms with Gasteiger partial charge in [0.15, 0.2) is 0 Å². The number of hydrogen-bond acceptors (Lipinski definition) is 1. The predicted molar refractivity (Wildman–Crippen MR) is 42.7 cm³/mol. The van der Waals surface area contributed by atoms with E-state index in [0.29, 0.717) is 5.92 Å². The summed E-state index contributed by atoms with van der Waals surface area (Å²) >= 11 is 0. The summed E-state index contributed by atoms with van der Waals surface area (Å²) in [5, 5.41) is 0. The van der Waals surface area contributed by atoms with Gasteiger partial charge in [-0.25, -0.2) is 0 Å². The Labute approximate surface area is 62.5 Å². The van der Waals surface area contributed by atoms with E-state index in [2.05, 4.69) is 0 Å². The van der Waals surface area contributed by atoms with Gasteiger partial charge in [0.1, 0.15) is 0 Å². The largest absolute Gasteiger partial charge is 0.345 e. The summed E-state index contributed by atoms with van der Waals surface area (Å²) in [6, 6.07) is 0. The molecular formula is C8H15NO. The maximum Gasteiger partial charge on any atom is 0.245 e. The van der Waals surface area contributed by atoms with Crippen molar-refractivity contribution in [3.05, 3.63) is 12.2 Å². The Morgan fingerprint density at radius 3 is 2.20 bits per heavy atom. The third kappa shape index (κ3) is 4.13. The van der Waals surface area contributed by atoms with Crippen LogP contribution in [-0.2, 0) is 4.79 Å². The van der Waals surface area contributed by atoms with Crippen LogP contribution in [0.4, 0.5) is 0 Å². The van der Waals surface area contributed by atoms with Crippen molar-refractivity contribution in [3.63, 3.8) is 0 Å². The summed E-state index contributed by atoms with van der Waals surface area (Å²) in [5.41, 5.74) is 0. The number of amides is 1. The molecule has 0 rings (SSSR count). The van der Waals surface area contributed by atoms with Crippen LogP contribution in [-0.4, -0.2) is 24.9 Å². The van der Waals surface area contributed by atoms with Crippen LogP contribution < -0.4 is 0 Å². The molecule has 0 bridgehead atoms. The highest BCUT2D eigenvalue weighted by molar-refractivity contribution is 5.87. The number of hydrogen-bond donors (Lipinski definition) is 0. The number of allylic oxidation sites excluding steroid dienone is 1. The van der Waals surface area contributed by atoms with Crippen LogP contribution >= 0.6 is 0 Å². The van der Waals surface area contributed by atoms with Gasteiger partial charge in [0.05, 0.1) is 0 Å². The van der Waals surface area contributed by atoms with Crippen molar-refractivity contribution in [2.24, 2.45) is 5.92 Å². The molecule has 0 aromatic carbocycles. The van der Waals surface area contributed by atoms with Crippen LogP contribution in [0.25, 0.3) is 0 Å². The summed E-state index contributed by atoms with van der Waals surface area (Å²) in [6.07, 6.45) is 3.49. The van der Waals surface area contributed by atoms with E-state index in [1.807, 2.05) is 19.9 Å². The molecule has 0 aliphatic rings. The second-order valence-corrected chi connectivity index (χ2v) is 2.84. The van der Waals surface area contributed by atoms with E-state index in [1.54, 1.807) is 25.1 Å². The van der Waals surface area contributed by atoms with Crippen LogP contribution in [0.3, 0.4) is 0 Å². The SMILES string of the molecule is CC(C)/C=C/C(=O)N(C)C. The van der Waals surface area contributed by atoms with Crippen LogP contribution in [0.1, 0.15) is 13.8 Å². The first kappa shape index (κ1) is 9.21. The molecule has 0 aliphatic carbocycles. The summed E-state index contributed by atoms with van der Waals surface area (Å²) in [6.45, 7) is 4.08. The van der Waals surface area contributed by atoms with Gasteiger partial charge in [0.25, 0.3) is 0 Å². The van der Waals surface area contributed by atoms with Gasteiger partial charge in [0, 0.05) is 14.1 Å². The first-order valence-electron chi connectivity index (χ1n) is 3.43. The molecule has 10 heavy (non-hydrogen) atoms. The Bertz CT molecular complexity index is 136. The van der Waals surface area contributed by atoms with E-state index < -0.39 is 0 Å². The van der Waals surface area contributed by atoms with Crippen LogP contribution in [0, 0.1) is 5.92 Å². The van der Waals surface area contributed by atoms with Crippen LogP contribution in [0.15, 0.2) is 12.2 Å². The number of likely N-dealkylation sites (N-methyl/N-ethyl adjacent to an activating group) is 1. The van der Waals surface area contributed by atoms with Gasteiger partial charge in [-0.1, -0.05) is 19.9 Å². The zero-order chi connectivity index (χ0) is 8.15. The van der Waals surface area contributed by atoms with Crippen molar-refractivity contribution in [2.45, 2.75) is 13.8 Å². The van der Waals surface area contributed by atoms with E-state index in [9.17, 15) is 4.79 Å². The first-order valence-corrected chi connectivity index (χ1v) is 3.43. The zero-order valence-corrected chi connectivity index (χ0v) is 7.09. The minimum Gasteiger partial charge on any atom is -0.345 e. The van der Waals surface area contributed by atoms with Gasteiger partial charge >= 0.3 is 0 Å². The lowest BCUT2D eigenvalue weighted by Gasteiger charge is -2.05. The van der Waals surface area contributed by atoms with Crippen molar-refractivity contribution in [1.29, 1.82) is 0 Å². The van der Waals surface area contributed by atoms with E-state index in [4.69, 9.17) is 0 Å². The maximum absolute atomic E-state index is 10.9. The average molecular weight is 141 g/mol. The molecule has 0 aliphatic heterocycles. The molecule has 0 radical (unpaired) electrons. The fraction of sp³-hybridized carbons (Fsp3) is 0.625. The fourth-order valence-electron chi connectivity index (χ4n) is 0.424. The second-order valence-electron chi connectivity index (χ2n) is 2.84. The molecule has 0 saturated heterocycles. The Morgan fingerprint density at radius 2 is 1.90 bits per heavy atom. The molecule has 0 heterocycles. The number of nitrogens with zero attached hydrogens (tertiary/aromatic N) is 1. The van der Waals surface area contributed by atoms with Crippen LogP contribution in [0.5, 0.6) is 0 Å². The van der Waals surface area contributed by atoms with Crippen LogP contribution in [0.2, 0.25) is 0 Å². The van der Waals surface area contributed by atoms with E-state index >= 15 is 0 Å². The molecule has 0 atom stereocenters. The zero-order valence-electron chi connectivity index (χ0n) is 7.09. The maximum atomic E-state index is 10.9. The summed E-state index contributed by atoms with van der Waals surface area (Å²) in [7, 11) is 3.49. The molecule has 58 valence electrons. The van der Waals surface area contributed by atoms with Gasteiger partial charge in [-0.15, -0.1) is 0 Å². The highest BCUT2D eigenvalue weighted by Crippen LogP contribution is 1.93. The van der Waals surface area contributed by atoms with Gasteiger partial charge < -0.3 is 4.90 Å². The van der Waals surface area contributed by atoms with Gasteiger partial charge in [-0.3, -0.25) is 4.79 Å². The van der Waals surface area contributed by atoms with E-state index in [0.717, 1.165) is 0 Å². The van der Waals surface area contributed by atoms with E-state index in [1.165, 1.54) is 0 Å². The fourth-order valence-corrected chi connectivity index (χ4v) is 0.424. The topological polar surface area (TPSA) is 20.3 Å². The first-order chi connectivity index (χ1) is 4.54. The minimum atomic E-state index is 0.0497. The minimum absolute atomic E-state index is 0.0497. The standard InChI is InChI=1S/C8H15NO/c1-7(2)5-6-8(10)9(3)4/h5-7H,1-4H3/b6-5+. The molecule has 0 aromatic heterocycles. The third-order valence-electron chi connectivity index (χ3n) is 1.06.